The molecule has 0 saturated carbocycles. The molecule has 1 fully saturated rings. The Morgan fingerprint density at radius 1 is 1.31 bits per heavy atom. The van der Waals surface area contributed by atoms with Gasteiger partial charge in [-0.3, -0.25) is 10.3 Å². The van der Waals surface area contributed by atoms with Crippen molar-refractivity contribution in [3.05, 3.63) is 41.9 Å². The molecule has 2 heterocycles. The van der Waals surface area contributed by atoms with E-state index in [4.69, 9.17) is 9.47 Å². The highest BCUT2D eigenvalue weighted by Crippen LogP contribution is 2.26. The minimum atomic E-state index is -0.408. The molecule has 0 spiro atoms. The summed E-state index contributed by atoms with van der Waals surface area (Å²) in [4.78, 5) is 20.5. The molecule has 1 saturated heterocycles. The normalized spacial score (nSPS) is 16.8. The zero-order valence-electron chi connectivity index (χ0n) is 14.9. The predicted molar refractivity (Wildman–Crippen MR) is 98.7 cm³/mol. The van der Waals surface area contributed by atoms with Crippen LogP contribution in [0.3, 0.4) is 0 Å². The Kier molecular flexibility index (Phi) is 5.98. The van der Waals surface area contributed by atoms with Crippen molar-refractivity contribution in [3.63, 3.8) is 0 Å². The third-order valence-corrected chi connectivity index (χ3v) is 3.83. The van der Waals surface area contributed by atoms with Crippen LogP contribution in [0.4, 0.5) is 16.3 Å². The predicted octanol–water partition coefficient (Wildman–Crippen LogP) is 2.10. The fraction of sp³-hybridized carbons (Fsp3) is 0.389. The van der Waals surface area contributed by atoms with Gasteiger partial charge in [0.05, 0.1) is 30.4 Å². The van der Waals surface area contributed by atoms with E-state index in [1.807, 2.05) is 32.0 Å². The molecule has 1 atom stereocenters. The minimum absolute atomic E-state index is 0.00503. The smallest absolute Gasteiger partial charge is 0.324 e. The number of rotatable bonds is 5. The second kappa shape index (κ2) is 8.59. The average Bonchev–Trinajstić information content (AvgIpc) is 2.64. The molecule has 2 aromatic rings. The van der Waals surface area contributed by atoms with E-state index in [0.717, 1.165) is 24.3 Å². The van der Waals surface area contributed by atoms with Gasteiger partial charge in [-0.05, 0) is 31.5 Å². The first kappa shape index (κ1) is 18.1. The van der Waals surface area contributed by atoms with Gasteiger partial charge in [0, 0.05) is 13.1 Å². The number of urea groups is 1. The Balaban J connectivity index is 1.62. The van der Waals surface area contributed by atoms with E-state index in [9.17, 15) is 4.79 Å². The molecule has 2 amide bonds. The van der Waals surface area contributed by atoms with Gasteiger partial charge in [-0.1, -0.05) is 6.07 Å². The van der Waals surface area contributed by atoms with Crippen LogP contribution in [0.1, 0.15) is 11.3 Å². The zero-order valence-corrected chi connectivity index (χ0v) is 14.9. The van der Waals surface area contributed by atoms with Gasteiger partial charge in [-0.2, -0.15) is 0 Å². The molecule has 0 bridgehead atoms. The summed E-state index contributed by atoms with van der Waals surface area (Å²) in [7, 11) is 0. The number of carbonyl (C=O) groups is 1. The quantitative estimate of drug-likeness (QED) is 0.758. The molecule has 26 heavy (non-hydrogen) atoms. The Morgan fingerprint density at radius 2 is 2.19 bits per heavy atom. The minimum Gasteiger partial charge on any atom is -0.489 e. The summed E-state index contributed by atoms with van der Waals surface area (Å²) in [5.74, 6) is 0.972. The second-order valence-electron chi connectivity index (χ2n) is 6.13. The first-order chi connectivity index (χ1) is 12.6. The third-order valence-electron chi connectivity index (χ3n) is 3.83. The molecule has 1 aliphatic rings. The van der Waals surface area contributed by atoms with E-state index >= 15 is 0 Å². The van der Waals surface area contributed by atoms with E-state index in [1.54, 1.807) is 6.20 Å². The van der Waals surface area contributed by atoms with Gasteiger partial charge < -0.3 is 20.1 Å². The van der Waals surface area contributed by atoms with E-state index in [0.29, 0.717) is 30.5 Å². The van der Waals surface area contributed by atoms with Crippen LogP contribution in [0.15, 0.2) is 30.6 Å². The second-order valence-corrected chi connectivity index (χ2v) is 6.13. The molecular weight excluding hydrogens is 334 g/mol. The molecule has 1 aliphatic heterocycles. The lowest BCUT2D eigenvalue weighted by atomic mass is 10.2. The highest BCUT2D eigenvalue weighted by Gasteiger charge is 2.16. The number of anilines is 2. The number of hydrogen-bond acceptors (Lipinski definition) is 6. The van der Waals surface area contributed by atoms with Gasteiger partial charge in [0.15, 0.2) is 5.82 Å². The first-order valence-electron chi connectivity index (χ1n) is 8.52. The van der Waals surface area contributed by atoms with Crippen molar-refractivity contribution >= 4 is 17.5 Å². The van der Waals surface area contributed by atoms with Gasteiger partial charge in [-0.25, -0.2) is 9.78 Å². The summed E-state index contributed by atoms with van der Waals surface area (Å²) in [6, 6.07) is 5.22. The molecule has 0 unspecified atom stereocenters. The molecule has 0 radical (unpaired) electrons. The van der Waals surface area contributed by atoms with Gasteiger partial charge in [0.1, 0.15) is 18.5 Å². The van der Waals surface area contributed by atoms with Crippen molar-refractivity contribution in [1.82, 2.24) is 15.3 Å². The third kappa shape index (κ3) is 5.14. The van der Waals surface area contributed by atoms with E-state index in [2.05, 4.69) is 25.9 Å². The summed E-state index contributed by atoms with van der Waals surface area (Å²) < 4.78 is 11.5. The number of ether oxygens (including phenoxy) is 2. The molecule has 1 aromatic carbocycles. The lowest BCUT2D eigenvalue weighted by molar-refractivity contribution is 0.000350. The van der Waals surface area contributed by atoms with E-state index in [-0.39, 0.29) is 6.10 Å². The number of amides is 2. The van der Waals surface area contributed by atoms with Gasteiger partial charge in [0.2, 0.25) is 0 Å². The summed E-state index contributed by atoms with van der Waals surface area (Å²) in [5, 5.41) is 8.72. The molecular formula is C18H23N5O3. The van der Waals surface area contributed by atoms with Crippen LogP contribution in [0.5, 0.6) is 5.75 Å². The maximum Gasteiger partial charge on any atom is 0.324 e. The molecule has 8 heteroatoms. The largest absolute Gasteiger partial charge is 0.489 e. The SMILES string of the molecule is Cc1ccc(OC[C@H]2CNCCO2)c(NC(=O)Nc2cnc(C)cn2)c1. The number of aryl methyl sites for hydroxylation is 2. The van der Waals surface area contributed by atoms with Crippen LogP contribution in [0.2, 0.25) is 0 Å². The molecule has 3 N–H and O–H groups in total. The van der Waals surface area contributed by atoms with Crippen LogP contribution >= 0.6 is 0 Å². The first-order valence-corrected chi connectivity index (χ1v) is 8.52. The topological polar surface area (TPSA) is 97.4 Å². The number of nitrogens with zero attached hydrogens (tertiary/aromatic N) is 2. The van der Waals surface area contributed by atoms with Crippen LogP contribution in [0, 0.1) is 13.8 Å². The maximum absolute atomic E-state index is 12.3. The Morgan fingerprint density at radius 3 is 2.92 bits per heavy atom. The summed E-state index contributed by atoms with van der Waals surface area (Å²) >= 11 is 0. The number of carbonyl (C=O) groups excluding carboxylic acids is 1. The summed E-state index contributed by atoms with van der Waals surface area (Å²) in [6.45, 7) is 6.48. The van der Waals surface area contributed by atoms with Crippen molar-refractivity contribution < 1.29 is 14.3 Å². The lowest BCUT2D eigenvalue weighted by Gasteiger charge is -2.24. The van der Waals surface area contributed by atoms with Crippen molar-refractivity contribution in [2.75, 3.05) is 36.9 Å². The average molecular weight is 357 g/mol. The standard InChI is InChI=1S/C18H23N5O3/c1-12-3-4-16(26-11-14-9-19-5-6-25-14)15(7-12)22-18(24)23-17-10-20-13(2)8-21-17/h3-4,7-8,10,14,19H,5-6,9,11H2,1-2H3,(H2,21,22,23,24)/t14-/m1/s1. The van der Waals surface area contributed by atoms with Crippen LogP contribution in [-0.2, 0) is 4.74 Å². The number of nitrogens with one attached hydrogen (secondary N) is 3. The van der Waals surface area contributed by atoms with Crippen LogP contribution in [-0.4, -0.2) is 48.4 Å². The van der Waals surface area contributed by atoms with Gasteiger partial charge >= 0.3 is 6.03 Å². The van der Waals surface area contributed by atoms with Crippen molar-refractivity contribution in [3.8, 4) is 5.75 Å². The number of morpholine rings is 1. The Labute approximate surface area is 152 Å². The highest BCUT2D eigenvalue weighted by atomic mass is 16.5. The van der Waals surface area contributed by atoms with Crippen LogP contribution < -0.4 is 20.7 Å². The lowest BCUT2D eigenvalue weighted by Crippen LogP contribution is -2.41. The zero-order chi connectivity index (χ0) is 18.4. The van der Waals surface area contributed by atoms with Crippen LogP contribution in [0.25, 0.3) is 0 Å². The Bertz CT molecular complexity index is 745. The monoisotopic (exact) mass is 357 g/mol. The van der Waals surface area contributed by atoms with E-state index < -0.39 is 6.03 Å². The molecule has 0 aliphatic carbocycles. The van der Waals surface area contributed by atoms with Gasteiger partial charge in [-0.15, -0.1) is 0 Å². The van der Waals surface area contributed by atoms with Crippen molar-refractivity contribution in [1.29, 1.82) is 0 Å². The fourth-order valence-corrected chi connectivity index (χ4v) is 2.50. The Hall–Kier alpha value is -2.71. The number of aromatic nitrogens is 2. The van der Waals surface area contributed by atoms with Gasteiger partial charge in [0.25, 0.3) is 0 Å². The number of benzene rings is 1. The molecule has 1 aromatic heterocycles. The van der Waals surface area contributed by atoms with E-state index in [1.165, 1.54) is 6.20 Å². The maximum atomic E-state index is 12.3. The molecule has 3 rings (SSSR count). The summed E-state index contributed by atoms with van der Waals surface area (Å²) in [6.07, 6.45) is 3.10. The molecule has 8 nitrogen and oxygen atoms in total. The number of hydrogen-bond donors (Lipinski definition) is 3. The van der Waals surface area contributed by atoms with Crippen molar-refractivity contribution in [2.45, 2.75) is 20.0 Å². The summed E-state index contributed by atoms with van der Waals surface area (Å²) in [5.41, 5.74) is 2.38. The highest BCUT2D eigenvalue weighted by molar-refractivity contribution is 6.00. The van der Waals surface area contributed by atoms with Crippen molar-refractivity contribution in [2.24, 2.45) is 0 Å². The molecule has 138 valence electrons. The fourth-order valence-electron chi connectivity index (χ4n) is 2.50.